The summed E-state index contributed by atoms with van der Waals surface area (Å²) in [7, 11) is 3.04. The highest BCUT2D eigenvalue weighted by Gasteiger charge is 2.36. The number of halogens is 1. The molecule has 1 aliphatic heterocycles. The molecule has 5 rings (SSSR count). The van der Waals surface area contributed by atoms with Crippen molar-refractivity contribution in [2.24, 2.45) is 4.99 Å². The van der Waals surface area contributed by atoms with Crippen LogP contribution in [0, 0.1) is 3.57 Å². The molecule has 2 heterocycles. The smallest absolute Gasteiger partial charge is 0.338 e. The van der Waals surface area contributed by atoms with Gasteiger partial charge in [0.2, 0.25) is 0 Å². The van der Waals surface area contributed by atoms with Crippen LogP contribution in [0.25, 0.3) is 16.8 Å². The summed E-state index contributed by atoms with van der Waals surface area (Å²) in [6, 6.07) is 14.2. The molecule has 0 fully saturated rings. The van der Waals surface area contributed by atoms with Crippen molar-refractivity contribution in [3.05, 3.63) is 94.2 Å². The second-order valence-electron chi connectivity index (χ2n) is 8.76. The quantitative estimate of drug-likeness (QED) is 0.246. The number of phenolic OH excluding ortho intramolecular Hbond substituents is 1. The zero-order valence-electron chi connectivity index (χ0n) is 21.6. The first kappa shape index (κ1) is 26.9. The van der Waals surface area contributed by atoms with Gasteiger partial charge >= 0.3 is 5.97 Å². The highest BCUT2D eigenvalue weighted by molar-refractivity contribution is 14.1. The summed E-state index contributed by atoms with van der Waals surface area (Å²) in [4.78, 5) is 32.5. The summed E-state index contributed by atoms with van der Waals surface area (Å²) >= 11 is 3.24. The topological polar surface area (TPSA) is 99.4 Å². The van der Waals surface area contributed by atoms with Crippen LogP contribution >= 0.6 is 33.9 Å². The van der Waals surface area contributed by atoms with Gasteiger partial charge in [0.05, 0.1) is 40.2 Å². The number of methoxy groups -OCH3 is 2. The number of carbonyl (C=O) groups excluding carboxylic acids is 1. The molecule has 8 nitrogen and oxygen atoms in total. The number of ether oxygens (including phenoxy) is 3. The molecule has 0 unspecified atom stereocenters. The molecule has 1 aromatic heterocycles. The van der Waals surface area contributed by atoms with E-state index in [4.69, 9.17) is 14.2 Å². The van der Waals surface area contributed by atoms with Gasteiger partial charge in [0.25, 0.3) is 5.56 Å². The molecule has 4 aromatic rings. The first-order chi connectivity index (χ1) is 18.8. The predicted octanol–water partition coefficient (Wildman–Crippen LogP) is 4.28. The molecular formula is C29H25IN2O6S. The van der Waals surface area contributed by atoms with Gasteiger partial charge in [0.1, 0.15) is 11.8 Å². The third-order valence-corrected chi connectivity index (χ3v) is 8.31. The van der Waals surface area contributed by atoms with Gasteiger partial charge in [-0.3, -0.25) is 9.36 Å². The number of aromatic hydroxyl groups is 1. The van der Waals surface area contributed by atoms with E-state index in [9.17, 15) is 14.7 Å². The van der Waals surface area contributed by atoms with Gasteiger partial charge in [-0.2, -0.15) is 0 Å². The Labute approximate surface area is 241 Å². The third-order valence-electron chi connectivity index (χ3n) is 6.51. The number of rotatable bonds is 6. The van der Waals surface area contributed by atoms with E-state index in [1.807, 2.05) is 59.0 Å². The Morgan fingerprint density at radius 2 is 1.90 bits per heavy atom. The average molecular weight is 656 g/mol. The van der Waals surface area contributed by atoms with Crippen LogP contribution in [0.15, 0.2) is 69.6 Å². The van der Waals surface area contributed by atoms with E-state index in [0.29, 0.717) is 41.2 Å². The largest absolute Gasteiger partial charge is 0.504 e. The number of thiazole rings is 1. The van der Waals surface area contributed by atoms with Crippen molar-refractivity contribution in [1.29, 1.82) is 0 Å². The van der Waals surface area contributed by atoms with E-state index in [-0.39, 0.29) is 23.5 Å². The maximum atomic E-state index is 14.1. The lowest BCUT2D eigenvalue weighted by molar-refractivity contribution is -0.139. The monoisotopic (exact) mass is 656 g/mol. The van der Waals surface area contributed by atoms with E-state index >= 15 is 0 Å². The number of hydrogen-bond donors (Lipinski definition) is 1. The van der Waals surface area contributed by atoms with Crippen molar-refractivity contribution in [3.8, 4) is 17.2 Å². The van der Waals surface area contributed by atoms with Crippen molar-refractivity contribution in [2.75, 3.05) is 20.8 Å². The minimum Gasteiger partial charge on any atom is -0.504 e. The molecule has 200 valence electrons. The lowest BCUT2D eigenvalue weighted by atomic mass is 9.90. The van der Waals surface area contributed by atoms with Crippen LogP contribution in [0.1, 0.15) is 31.0 Å². The second-order valence-corrected chi connectivity index (χ2v) is 10.9. The number of esters is 1. The van der Waals surface area contributed by atoms with Gasteiger partial charge in [-0.1, -0.05) is 41.7 Å². The van der Waals surface area contributed by atoms with E-state index < -0.39 is 12.0 Å². The molecule has 0 saturated carbocycles. The standard InChI is InChI=1S/C29H25IN2O6S/c1-5-38-28(35)23-15(2)31-29-32(25(23)24-18-9-7-6-8-17(18)10-11-20(24)36-3)27(34)22(39-29)14-16-12-19(30)26(33)21(13-16)37-4/h6-14,25,33H,5H2,1-4H3/b22-14-/t25-/m1/s1. The molecule has 10 heteroatoms. The van der Waals surface area contributed by atoms with Crippen molar-refractivity contribution in [3.63, 3.8) is 0 Å². The average Bonchev–Trinajstić information content (AvgIpc) is 3.23. The van der Waals surface area contributed by atoms with E-state index in [1.165, 1.54) is 18.4 Å². The van der Waals surface area contributed by atoms with Gasteiger partial charge in [-0.25, -0.2) is 9.79 Å². The highest BCUT2D eigenvalue weighted by atomic mass is 127. The van der Waals surface area contributed by atoms with Gasteiger partial charge in [0.15, 0.2) is 16.3 Å². The Kier molecular flexibility index (Phi) is 7.50. The first-order valence-electron chi connectivity index (χ1n) is 12.1. The number of benzene rings is 3. The summed E-state index contributed by atoms with van der Waals surface area (Å²) in [5.41, 5.74) is 1.81. The van der Waals surface area contributed by atoms with Crippen molar-refractivity contribution in [2.45, 2.75) is 19.9 Å². The summed E-state index contributed by atoms with van der Waals surface area (Å²) in [6.45, 7) is 3.67. The predicted molar refractivity (Wildman–Crippen MR) is 158 cm³/mol. The van der Waals surface area contributed by atoms with Crippen LogP contribution in [0.5, 0.6) is 17.2 Å². The van der Waals surface area contributed by atoms with Crippen molar-refractivity contribution < 1.29 is 24.1 Å². The molecule has 0 amide bonds. The van der Waals surface area contributed by atoms with Crippen molar-refractivity contribution >= 4 is 56.7 Å². The van der Waals surface area contributed by atoms with Crippen LogP contribution in [0.4, 0.5) is 0 Å². The van der Waals surface area contributed by atoms with E-state index in [1.54, 1.807) is 43.7 Å². The molecule has 0 radical (unpaired) electrons. The zero-order valence-corrected chi connectivity index (χ0v) is 24.6. The molecule has 1 N–H and O–H groups in total. The molecule has 3 aromatic carbocycles. The van der Waals surface area contributed by atoms with Crippen LogP contribution in [-0.2, 0) is 9.53 Å². The summed E-state index contributed by atoms with van der Waals surface area (Å²) in [6.07, 6.45) is 1.73. The first-order valence-corrected chi connectivity index (χ1v) is 14.0. The molecule has 0 aliphatic carbocycles. The fraction of sp³-hybridized carbons (Fsp3) is 0.207. The molecule has 0 saturated heterocycles. The van der Waals surface area contributed by atoms with E-state index in [2.05, 4.69) is 4.99 Å². The molecular weight excluding hydrogens is 631 g/mol. The lowest BCUT2D eigenvalue weighted by Crippen LogP contribution is -2.40. The SMILES string of the molecule is CCOC(=O)C1=C(C)N=c2s/c(=C\c3cc(I)c(O)c(OC)c3)c(=O)n2[C@H]1c1c(OC)ccc2ccccc12. The maximum absolute atomic E-state index is 14.1. The summed E-state index contributed by atoms with van der Waals surface area (Å²) in [5.74, 6) is 0.350. The van der Waals surface area contributed by atoms with Gasteiger partial charge in [-0.15, -0.1) is 0 Å². The Balaban J connectivity index is 1.83. The third kappa shape index (κ3) is 4.71. The molecule has 39 heavy (non-hydrogen) atoms. The number of fused-ring (bicyclic) bond motifs is 2. The molecule has 0 spiro atoms. The van der Waals surface area contributed by atoms with Crippen LogP contribution < -0.4 is 24.4 Å². The minimum atomic E-state index is -0.821. The molecule has 1 aliphatic rings. The lowest BCUT2D eigenvalue weighted by Gasteiger charge is -2.27. The number of carbonyl (C=O) groups is 1. The number of phenols is 1. The highest BCUT2D eigenvalue weighted by Crippen LogP contribution is 2.40. The Morgan fingerprint density at radius 3 is 2.62 bits per heavy atom. The summed E-state index contributed by atoms with van der Waals surface area (Å²) < 4.78 is 19.1. The minimum absolute atomic E-state index is 0.0365. The number of allylic oxidation sites excluding steroid dienone is 1. The van der Waals surface area contributed by atoms with Crippen LogP contribution in [0.2, 0.25) is 0 Å². The fourth-order valence-corrected chi connectivity index (χ4v) is 6.46. The maximum Gasteiger partial charge on any atom is 0.338 e. The van der Waals surface area contributed by atoms with Crippen LogP contribution in [-0.4, -0.2) is 36.5 Å². The van der Waals surface area contributed by atoms with Crippen LogP contribution in [0.3, 0.4) is 0 Å². The summed E-state index contributed by atoms with van der Waals surface area (Å²) in [5, 5.41) is 12.0. The number of nitrogens with zero attached hydrogens (tertiary/aromatic N) is 2. The Morgan fingerprint density at radius 1 is 1.15 bits per heavy atom. The molecule has 0 bridgehead atoms. The number of hydrogen-bond acceptors (Lipinski definition) is 8. The van der Waals surface area contributed by atoms with Gasteiger partial charge < -0.3 is 19.3 Å². The number of aromatic nitrogens is 1. The van der Waals surface area contributed by atoms with E-state index in [0.717, 1.165) is 10.8 Å². The molecule has 1 atom stereocenters. The van der Waals surface area contributed by atoms with Crippen molar-refractivity contribution in [1.82, 2.24) is 4.57 Å². The Hall–Kier alpha value is -3.64. The Bertz CT molecular complexity index is 1840. The fourth-order valence-electron chi connectivity index (χ4n) is 4.78. The normalized spacial score (nSPS) is 15.2. The van der Waals surface area contributed by atoms with Gasteiger partial charge in [-0.05, 0) is 77.0 Å². The zero-order chi connectivity index (χ0) is 27.8. The van der Waals surface area contributed by atoms with Gasteiger partial charge in [0, 0.05) is 5.56 Å². The second kappa shape index (κ2) is 10.9.